The van der Waals surface area contributed by atoms with Crippen LogP contribution < -0.4 is 11.5 Å². The van der Waals surface area contributed by atoms with Crippen molar-refractivity contribution in [3.63, 3.8) is 0 Å². The Kier molecular flexibility index (Phi) is 7.67. The average molecular weight is 423 g/mol. The number of hydrogen-bond acceptors (Lipinski definition) is 6. The van der Waals surface area contributed by atoms with Gasteiger partial charge in [-0.3, -0.25) is 14.5 Å². The zero-order valence-corrected chi connectivity index (χ0v) is 16.9. The normalized spacial score (nSPS) is 11.5. The van der Waals surface area contributed by atoms with Gasteiger partial charge in [0.15, 0.2) is 5.96 Å². The number of aryl methyl sites for hydroxylation is 2. The third kappa shape index (κ3) is 6.84. The Morgan fingerprint density at radius 2 is 1.97 bits per heavy atom. The fourth-order valence-electron chi connectivity index (χ4n) is 2.54. The summed E-state index contributed by atoms with van der Waals surface area (Å²) in [7, 11) is -3.95. The SMILES string of the molecule is Cc1ccc(S(=O)(=O)N(CCn2cc(CCCN=C(N)N)nn2)CC(=O)O)cc1. The monoisotopic (exact) mass is 423 g/mol. The molecule has 0 fully saturated rings. The maximum atomic E-state index is 12.8. The molecule has 5 N–H and O–H groups in total. The summed E-state index contributed by atoms with van der Waals surface area (Å²) >= 11 is 0. The lowest BCUT2D eigenvalue weighted by Crippen LogP contribution is -2.38. The Bertz CT molecular complexity index is 950. The molecule has 11 nitrogen and oxygen atoms in total. The summed E-state index contributed by atoms with van der Waals surface area (Å²) in [6.07, 6.45) is 2.98. The van der Waals surface area contributed by atoms with Crippen LogP contribution in [0, 0.1) is 6.92 Å². The van der Waals surface area contributed by atoms with E-state index in [9.17, 15) is 13.2 Å². The first-order chi connectivity index (χ1) is 13.7. The zero-order valence-electron chi connectivity index (χ0n) is 16.1. The number of nitrogens with two attached hydrogens (primary N) is 2. The van der Waals surface area contributed by atoms with Crippen molar-refractivity contribution in [3.8, 4) is 0 Å². The zero-order chi connectivity index (χ0) is 21.4. The van der Waals surface area contributed by atoms with E-state index >= 15 is 0 Å². The van der Waals surface area contributed by atoms with E-state index in [0.717, 1.165) is 9.87 Å². The van der Waals surface area contributed by atoms with Crippen molar-refractivity contribution in [3.05, 3.63) is 41.7 Å². The first-order valence-corrected chi connectivity index (χ1v) is 10.4. The van der Waals surface area contributed by atoms with Gasteiger partial charge in [-0.25, -0.2) is 8.42 Å². The van der Waals surface area contributed by atoms with E-state index in [0.29, 0.717) is 25.1 Å². The van der Waals surface area contributed by atoms with E-state index in [1.54, 1.807) is 18.3 Å². The molecule has 0 saturated heterocycles. The van der Waals surface area contributed by atoms with Crippen molar-refractivity contribution in [1.82, 2.24) is 19.3 Å². The highest BCUT2D eigenvalue weighted by atomic mass is 32.2. The molecule has 0 spiro atoms. The number of benzene rings is 1. The van der Waals surface area contributed by atoms with Crippen LogP contribution in [-0.2, 0) is 27.8 Å². The van der Waals surface area contributed by atoms with Crippen LogP contribution in [0.4, 0.5) is 0 Å². The van der Waals surface area contributed by atoms with Gasteiger partial charge in [-0.05, 0) is 31.9 Å². The summed E-state index contributed by atoms with van der Waals surface area (Å²) in [6.45, 7) is 1.77. The van der Waals surface area contributed by atoms with E-state index in [1.807, 2.05) is 6.92 Å². The molecule has 0 unspecified atom stereocenters. The summed E-state index contributed by atoms with van der Waals surface area (Å²) in [6, 6.07) is 6.25. The third-order valence-corrected chi connectivity index (χ3v) is 5.88. The summed E-state index contributed by atoms with van der Waals surface area (Å²) in [5.74, 6) is -1.21. The Balaban J connectivity index is 2.03. The molecule has 2 rings (SSSR count). The van der Waals surface area contributed by atoms with Gasteiger partial charge in [-0.2, -0.15) is 4.31 Å². The van der Waals surface area contributed by atoms with E-state index in [-0.39, 0.29) is 23.9 Å². The van der Waals surface area contributed by atoms with Crippen LogP contribution in [0.1, 0.15) is 17.7 Å². The molecule has 158 valence electrons. The molecule has 0 aliphatic heterocycles. The third-order valence-electron chi connectivity index (χ3n) is 4.02. The molecule has 0 aliphatic carbocycles. The summed E-state index contributed by atoms with van der Waals surface area (Å²) < 4.78 is 28.0. The van der Waals surface area contributed by atoms with Gasteiger partial charge < -0.3 is 16.6 Å². The number of rotatable bonds is 11. The Morgan fingerprint density at radius 1 is 1.28 bits per heavy atom. The predicted molar refractivity (Wildman–Crippen MR) is 107 cm³/mol. The largest absolute Gasteiger partial charge is 0.480 e. The van der Waals surface area contributed by atoms with E-state index in [2.05, 4.69) is 15.3 Å². The predicted octanol–water partition coefficient (Wildman–Crippen LogP) is -0.432. The van der Waals surface area contributed by atoms with Gasteiger partial charge in [0, 0.05) is 19.3 Å². The number of guanidine groups is 1. The van der Waals surface area contributed by atoms with Crippen LogP contribution in [0.3, 0.4) is 0 Å². The standard InChI is InChI=1S/C17H25N7O4S/c1-13-4-6-15(7-5-13)29(27,28)24(12-16(25)26)10-9-23-11-14(21-22-23)3-2-8-20-17(18)19/h4-7,11H,2-3,8-10,12H2,1H3,(H,25,26)(H4,18,19,20). The summed E-state index contributed by atoms with van der Waals surface area (Å²) in [4.78, 5) is 15.1. The minimum atomic E-state index is -3.95. The maximum absolute atomic E-state index is 12.8. The van der Waals surface area contributed by atoms with Gasteiger partial charge in [0.05, 0.1) is 17.1 Å². The molecule has 2 aromatic rings. The van der Waals surface area contributed by atoms with Crippen molar-refractivity contribution in [2.24, 2.45) is 16.5 Å². The number of sulfonamides is 1. The number of aromatic nitrogens is 3. The Hall–Kier alpha value is -2.99. The van der Waals surface area contributed by atoms with E-state index in [1.165, 1.54) is 16.8 Å². The number of aliphatic carboxylic acids is 1. The van der Waals surface area contributed by atoms with Crippen LogP contribution in [0.2, 0.25) is 0 Å². The molecule has 0 aliphatic rings. The van der Waals surface area contributed by atoms with Crippen molar-refractivity contribution in [1.29, 1.82) is 0 Å². The van der Waals surface area contributed by atoms with Gasteiger partial charge >= 0.3 is 5.97 Å². The molecule has 12 heteroatoms. The fraction of sp³-hybridized carbons (Fsp3) is 0.412. The average Bonchev–Trinajstić information content (AvgIpc) is 3.10. The Labute approximate surface area is 169 Å². The minimum absolute atomic E-state index is 0.0296. The van der Waals surface area contributed by atoms with E-state index < -0.39 is 22.5 Å². The number of hydrogen-bond donors (Lipinski definition) is 3. The molecule has 0 amide bonds. The highest BCUT2D eigenvalue weighted by Gasteiger charge is 2.26. The number of carbonyl (C=O) groups is 1. The van der Waals surface area contributed by atoms with E-state index in [4.69, 9.17) is 16.6 Å². The van der Waals surface area contributed by atoms with Crippen molar-refractivity contribution in [2.45, 2.75) is 31.2 Å². The smallest absolute Gasteiger partial charge is 0.318 e. The van der Waals surface area contributed by atoms with Crippen LogP contribution in [0.5, 0.6) is 0 Å². The fourth-order valence-corrected chi connectivity index (χ4v) is 3.92. The summed E-state index contributed by atoms with van der Waals surface area (Å²) in [5, 5.41) is 17.1. The lowest BCUT2D eigenvalue weighted by Gasteiger charge is -2.20. The number of carboxylic acid groups (broad SMARTS) is 1. The molecule has 1 aromatic carbocycles. The quantitative estimate of drug-likeness (QED) is 0.248. The van der Waals surface area contributed by atoms with Gasteiger partial charge in [0.1, 0.15) is 6.54 Å². The molecule has 1 heterocycles. The van der Waals surface area contributed by atoms with Crippen molar-refractivity contribution < 1.29 is 18.3 Å². The lowest BCUT2D eigenvalue weighted by atomic mass is 10.2. The summed E-state index contributed by atoms with van der Waals surface area (Å²) in [5.41, 5.74) is 12.1. The van der Waals surface area contributed by atoms with Gasteiger partial charge in [0.25, 0.3) is 0 Å². The molecular weight excluding hydrogens is 398 g/mol. The molecule has 0 atom stereocenters. The second kappa shape index (κ2) is 9.98. The van der Waals surface area contributed by atoms with Crippen molar-refractivity contribution >= 4 is 22.0 Å². The Morgan fingerprint density at radius 3 is 2.59 bits per heavy atom. The number of nitrogens with zero attached hydrogens (tertiary/aromatic N) is 5. The van der Waals surface area contributed by atoms with Gasteiger partial charge in [0.2, 0.25) is 10.0 Å². The first kappa shape index (κ1) is 22.3. The van der Waals surface area contributed by atoms with Gasteiger partial charge in [-0.1, -0.05) is 22.9 Å². The molecule has 0 bridgehead atoms. The topological polar surface area (TPSA) is 170 Å². The molecule has 0 saturated carbocycles. The molecule has 29 heavy (non-hydrogen) atoms. The van der Waals surface area contributed by atoms with Crippen LogP contribution in [0.25, 0.3) is 0 Å². The second-order valence-electron chi connectivity index (χ2n) is 6.43. The highest BCUT2D eigenvalue weighted by molar-refractivity contribution is 7.89. The second-order valence-corrected chi connectivity index (χ2v) is 8.37. The molecular formula is C17H25N7O4S. The van der Waals surface area contributed by atoms with Crippen LogP contribution >= 0.6 is 0 Å². The van der Waals surface area contributed by atoms with Gasteiger partial charge in [-0.15, -0.1) is 5.10 Å². The number of aliphatic imine (C=N–C) groups is 1. The first-order valence-electron chi connectivity index (χ1n) is 8.91. The number of carboxylic acids is 1. The molecule has 1 aromatic heterocycles. The van der Waals surface area contributed by atoms with Crippen LogP contribution in [0.15, 0.2) is 40.4 Å². The maximum Gasteiger partial charge on any atom is 0.318 e. The highest BCUT2D eigenvalue weighted by Crippen LogP contribution is 2.16. The minimum Gasteiger partial charge on any atom is -0.480 e. The molecule has 0 radical (unpaired) electrons. The lowest BCUT2D eigenvalue weighted by molar-refractivity contribution is -0.137. The van der Waals surface area contributed by atoms with Crippen LogP contribution in [-0.4, -0.2) is 64.4 Å². The van der Waals surface area contributed by atoms with Crippen molar-refractivity contribution in [2.75, 3.05) is 19.6 Å².